The monoisotopic (exact) mass is 811 g/mol. The number of aromatic carboxylic acids is 1. The maximum absolute atomic E-state index is 13.2. The number of nitro groups is 2. The number of non-ortho nitro benzene ring substituents is 1. The molecule has 0 unspecified atom stereocenters. The molecule has 1 N–H and O–H groups in total. The van der Waals surface area contributed by atoms with Crippen molar-refractivity contribution in [1.82, 2.24) is 0 Å². The maximum Gasteiger partial charge on any atom is 0.336 e. The Balaban J connectivity index is 1.81. The standard InChI is InChI=1S/C49H70N4O6/c1-3-5-7-9-11-13-15-17-19-21-23-25-27-29-31-41-46-44(38(36-50)37-51)43-35-39(52(56)57)33-34-40(43)45(46)47(49(54)55)42(48(41)53(58)59)32-30-28-26-24-22-20-18-16-14-12-10-8-6-4-2/h33-35H,3-32H2,1-2H3,(H,54,55). The van der Waals surface area contributed by atoms with Gasteiger partial charge in [-0.1, -0.05) is 181 Å². The molecule has 0 aliphatic heterocycles. The fourth-order valence-corrected chi connectivity index (χ4v) is 8.93. The SMILES string of the molecule is CCCCCCCCCCCCCCCCc1c(C(=O)O)c2c(c(CCCCCCCCCCCCCCCC)c1[N+](=O)[O-])C(=C(C#N)C#N)c1cc([N+](=O)[O-])ccc1-2. The van der Waals surface area contributed by atoms with E-state index < -0.39 is 15.8 Å². The zero-order valence-corrected chi connectivity index (χ0v) is 36.2. The largest absolute Gasteiger partial charge is 0.478 e. The second-order valence-electron chi connectivity index (χ2n) is 16.6. The number of carbonyl (C=O) groups is 1. The summed E-state index contributed by atoms with van der Waals surface area (Å²) in [4.78, 5) is 37.2. The highest BCUT2D eigenvalue weighted by Crippen LogP contribution is 2.53. The van der Waals surface area contributed by atoms with Crippen LogP contribution in [0.1, 0.15) is 226 Å². The van der Waals surface area contributed by atoms with Gasteiger partial charge in [0.1, 0.15) is 17.7 Å². The van der Waals surface area contributed by atoms with Crippen LogP contribution in [0, 0.1) is 42.9 Å². The molecule has 0 spiro atoms. The Kier molecular flexibility index (Phi) is 23.2. The number of fused-ring (bicyclic) bond motifs is 3. The van der Waals surface area contributed by atoms with Gasteiger partial charge in [-0.05, 0) is 42.9 Å². The number of rotatable bonds is 33. The summed E-state index contributed by atoms with van der Waals surface area (Å²) in [5.74, 6) is -1.34. The highest BCUT2D eigenvalue weighted by molar-refractivity contribution is 6.13. The number of nitriles is 2. The summed E-state index contributed by atoms with van der Waals surface area (Å²) in [5, 5.41) is 56.0. The molecule has 0 bridgehead atoms. The molecule has 10 heteroatoms. The van der Waals surface area contributed by atoms with E-state index in [0.29, 0.717) is 24.0 Å². The van der Waals surface area contributed by atoms with Gasteiger partial charge in [-0.3, -0.25) is 20.2 Å². The molecule has 2 aromatic carbocycles. The lowest BCUT2D eigenvalue weighted by Crippen LogP contribution is -2.13. The zero-order chi connectivity index (χ0) is 42.8. The number of unbranched alkanes of at least 4 members (excludes halogenated alkanes) is 26. The number of hydrogen-bond donors (Lipinski definition) is 1. The molecular weight excluding hydrogens is 741 g/mol. The highest BCUT2D eigenvalue weighted by atomic mass is 16.6. The van der Waals surface area contributed by atoms with E-state index in [1.807, 2.05) is 12.1 Å². The predicted molar refractivity (Wildman–Crippen MR) is 237 cm³/mol. The third kappa shape index (κ3) is 15.2. The molecule has 10 nitrogen and oxygen atoms in total. The van der Waals surface area contributed by atoms with Crippen LogP contribution in [0.3, 0.4) is 0 Å². The van der Waals surface area contributed by atoms with Crippen LogP contribution in [0.5, 0.6) is 0 Å². The van der Waals surface area contributed by atoms with Crippen LogP contribution in [0.25, 0.3) is 16.7 Å². The van der Waals surface area contributed by atoms with Gasteiger partial charge in [-0.15, -0.1) is 0 Å². The average Bonchev–Trinajstić information content (AvgIpc) is 3.54. The van der Waals surface area contributed by atoms with Crippen molar-refractivity contribution >= 4 is 22.9 Å². The van der Waals surface area contributed by atoms with E-state index in [4.69, 9.17) is 0 Å². The Morgan fingerprint density at radius 2 is 0.949 bits per heavy atom. The van der Waals surface area contributed by atoms with E-state index in [0.717, 1.165) is 51.4 Å². The minimum absolute atomic E-state index is 0.0395. The molecule has 0 saturated carbocycles. The first-order chi connectivity index (χ1) is 28.7. The van der Waals surface area contributed by atoms with Crippen LogP contribution in [-0.4, -0.2) is 20.9 Å². The number of allylic oxidation sites excluding steroid dienone is 1. The van der Waals surface area contributed by atoms with Crippen LogP contribution < -0.4 is 0 Å². The summed E-state index contributed by atoms with van der Waals surface area (Å²) in [5.41, 5.74) is 0.288. The number of carboxylic acid groups (broad SMARTS) is 1. The minimum atomic E-state index is -1.34. The lowest BCUT2D eigenvalue weighted by molar-refractivity contribution is -0.386. The van der Waals surface area contributed by atoms with Gasteiger partial charge in [-0.25, -0.2) is 4.79 Å². The average molecular weight is 811 g/mol. The fourth-order valence-electron chi connectivity index (χ4n) is 8.93. The molecule has 3 rings (SSSR count). The Morgan fingerprint density at radius 3 is 1.31 bits per heavy atom. The molecule has 1 aliphatic rings. The van der Waals surface area contributed by atoms with E-state index in [1.54, 1.807) is 0 Å². The van der Waals surface area contributed by atoms with E-state index in [-0.39, 0.29) is 63.2 Å². The summed E-state index contributed by atoms with van der Waals surface area (Å²) in [6, 6.07) is 7.77. The molecule has 0 amide bonds. The summed E-state index contributed by atoms with van der Waals surface area (Å²) >= 11 is 0. The van der Waals surface area contributed by atoms with E-state index in [9.17, 15) is 40.7 Å². The smallest absolute Gasteiger partial charge is 0.336 e. The molecule has 0 aromatic heterocycles. The van der Waals surface area contributed by atoms with Crippen LogP contribution in [0.2, 0.25) is 0 Å². The molecule has 322 valence electrons. The summed E-state index contributed by atoms with van der Waals surface area (Å²) < 4.78 is 0. The van der Waals surface area contributed by atoms with Gasteiger partial charge in [0.25, 0.3) is 11.4 Å². The first kappa shape index (κ1) is 48.8. The second-order valence-corrected chi connectivity index (χ2v) is 16.6. The van der Waals surface area contributed by atoms with Gasteiger partial charge < -0.3 is 5.11 Å². The normalized spacial score (nSPS) is 11.6. The molecule has 0 atom stereocenters. The number of nitro benzene ring substituents is 2. The number of carboxylic acids is 1. The summed E-state index contributed by atoms with van der Waals surface area (Å²) in [6.45, 7) is 4.47. The van der Waals surface area contributed by atoms with Crippen molar-refractivity contribution < 1.29 is 19.7 Å². The van der Waals surface area contributed by atoms with Gasteiger partial charge in [-0.2, -0.15) is 10.5 Å². The summed E-state index contributed by atoms with van der Waals surface area (Å²) in [6.07, 6.45) is 32.7. The zero-order valence-electron chi connectivity index (χ0n) is 36.2. The van der Waals surface area contributed by atoms with Crippen molar-refractivity contribution in [3.8, 4) is 23.3 Å². The molecule has 0 radical (unpaired) electrons. The number of nitrogens with zero attached hydrogens (tertiary/aromatic N) is 4. The Labute approximate surface area is 353 Å². The van der Waals surface area contributed by atoms with Crippen LogP contribution in [0.15, 0.2) is 23.8 Å². The Bertz CT molecular complexity index is 1770. The fraction of sp³-hybridized carbons (Fsp3) is 0.653. The number of benzene rings is 2. The van der Waals surface area contributed by atoms with Crippen molar-refractivity contribution in [3.05, 3.63) is 71.8 Å². The molecule has 0 fully saturated rings. The van der Waals surface area contributed by atoms with Gasteiger partial charge in [0.15, 0.2) is 0 Å². The number of hydrogen-bond acceptors (Lipinski definition) is 7. The lowest BCUT2D eigenvalue weighted by atomic mass is 9.83. The molecule has 1 aliphatic carbocycles. The first-order valence-corrected chi connectivity index (χ1v) is 23.2. The molecule has 0 heterocycles. The van der Waals surface area contributed by atoms with Crippen molar-refractivity contribution in [2.24, 2.45) is 0 Å². The molecule has 0 saturated heterocycles. The van der Waals surface area contributed by atoms with Crippen LogP contribution in [-0.2, 0) is 12.8 Å². The van der Waals surface area contributed by atoms with Crippen molar-refractivity contribution in [2.75, 3.05) is 0 Å². The van der Waals surface area contributed by atoms with Gasteiger partial charge >= 0.3 is 5.97 Å². The van der Waals surface area contributed by atoms with Crippen molar-refractivity contribution in [2.45, 2.75) is 206 Å². The maximum atomic E-state index is 13.2. The lowest BCUT2D eigenvalue weighted by Gasteiger charge is -2.18. The third-order valence-corrected chi connectivity index (χ3v) is 12.1. The topological polar surface area (TPSA) is 171 Å². The predicted octanol–water partition coefficient (Wildman–Crippen LogP) is 15.1. The quantitative estimate of drug-likeness (QED) is 0.0274. The van der Waals surface area contributed by atoms with Gasteiger partial charge in [0.05, 0.1) is 15.4 Å². The molecule has 2 aromatic rings. The summed E-state index contributed by atoms with van der Waals surface area (Å²) in [7, 11) is 0. The van der Waals surface area contributed by atoms with E-state index in [2.05, 4.69) is 13.8 Å². The highest BCUT2D eigenvalue weighted by Gasteiger charge is 2.40. The second kappa shape index (κ2) is 28.0. The van der Waals surface area contributed by atoms with Crippen LogP contribution in [0.4, 0.5) is 11.4 Å². The first-order valence-electron chi connectivity index (χ1n) is 23.2. The third-order valence-electron chi connectivity index (χ3n) is 12.1. The van der Waals surface area contributed by atoms with Gasteiger partial charge in [0.2, 0.25) is 0 Å². The molecule has 59 heavy (non-hydrogen) atoms. The van der Waals surface area contributed by atoms with Gasteiger partial charge in [0, 0.05) is 40.0 Å². The Hall–Kier alpha value is -4.57. The van der Waals surface area contributed by atoms with Crippen molar-refractivity contribution in [3.63, 3.8) is 0 Å². The minimum Gasteiger partial charge on any atom is -0.478 e. The van der Waals surface area contributed by atoms with E-state index in [1.165, 1.54) is 134 Å². The van der Waals surface area contributed by atoms with Crippen molar-refractivity contribution in [1.29, 1.82) is 10.5 Å². The molecular formula is C49H70N4O6. The van der Waals surface area contributed by atoms with E-state index >= 15 is 0 Å². The van der Waals surface area contributed by atoms with Crippen LogP contribution >= 0.6 is 0 Å². The Morgan fingerprint density at radius 1 is 0.559 bits per heavy atom.